The maximum Gasteiger partial charge on any atom is 0.328 e. The number of nitro benzene ring substituents is 1. The fourth-order valence-corrected chi connectivity index (χ4v) is 2.29. The van der Waals surface area contributed by atoms with Crippen LogP contribution in [0.15, 0.2) is 42.5 Å². The minimum absolute atomic E-state index is 0.00562. The van der Waals surface area contributed by atoms with Gasteiger partial charge in [-0.05, 0) is 41.5 Å². The molecule has 130 valence electrons. The number of hydrogen-bond donors (Lipinski definition) is 1. The number of aliphatic carboxylic acids is 1. The van der Waals surface area contributed by atoms with Crippen molar-refractivity contribution in [1.29, 1.82) is 0 Å². The van der Waals surface area contributed by atoms with Gasteiger partial charge < -0.3 is 14.6 Å². The van der Waals surface area contributed by atoms with Crippen molar-refractivity contribution in [3.05, 3.63) is 68.7 Å². The number of ether oxygens (including phenoxy) is 2. The Bertz CT molecular complexity index is 817. The van der Waals surface area contributed by atoms with E-state index in [4.69, 9.17) is 26.2 Å². The highest BCUT2D eigenvalue weighted by molar-refractivity contribution is 6.32. The van der Waals surface area contributed by atoms with E-state index in [2.05, 4.69) is 0 Å². The molecular weight excluding hydrogens is 350 g/mol. The summed E-state index contributed by atoms with van der Waals surface area (Å²) in [5, 5.41) is 19.6. The van der Waals surface area contributed by atoms with Gasteiger partial charge in [-0.25, -0.2) is 4.79 Å². The molecule has 0 spiro atoms. The van der Waals surface area contributed by atoms with Gasteiger partial charge in [-0.3, -0.25) is 10.1 Å². The van der Waals surface area contributed by atoms with Gasteiger partial charge in [0.25, 0.3) is 5.69 Å². The highest BCUT2D eigenvalue weighted by Crippen LogP contribution is 2.37. The average molecular weight is 364 g/mol. The number of nitrogens with zero attached hydrogens (tertiary/aromatic N) is 1. The number of benzene rings is 2. The third kappa shape index (κ3) is 4.95. The highest BCUT2D eigenvalue weighted by Gasteiger charge is 2.12. The molecule has 0 amide bonds. The maximum atomic E-state index is 10.6. The molecule has 0 atom stereocenters. The molecule has 2 rings (SSSR count). The molecule has 0 unspecified atom stereocenters. The van der Waals surface area contributed by atoms with Gasteiger partial charge in [0.15, 0.2) is 11.5 Å². The number of rotatable bonds is 7. The second-order valence-electron chi connectivity index (χ2n) is 4.92. The van der Waals surface area contributed by atoms with E-state index in [-0.39, 0.29) is 17.3 Å². The summed E-state index contributed by atoms with van der Waals surface area (Å²) in [6.07, 6.45) is 2.37. The van der Waals surface area contributed by atoms with E-state index in [0.29, 0.717) is 17.1 Å². The molecule has 0 saturated heterocycles. The first kappa shape index (κ1) is 18.3. The van der Waals surface area contributed by atoms with Crippen LogP contribution >= 0.6 is 11.6 Å². The number of carboxylic acid groups (broad SMARTS) is 1. The Morgan fingerprint density at radius 3 is 2.56 bits per heavy atom. The zero-order valence-corrected chi connectivity index (χ0v) is 13.9. The lowest BCUT2D eigenvalue weighted by Gasteiger charge is -2.13. The summed E-state index contributed by atoms with van der Waals surface area (Å²) in [5.74, 6) is -0.428. The maximum absolute atomic E-state index is 10.6. The standard InChI is InChI=1S/C17H14ClNO6/c1-24-15-9-12(4-7-16(20)21)8-14(18)17(15)25-10-11-2-5-13(6-3-11)19(22)23/h2-9H,10H2,1H3,(H,20,21)/b7-4+. The minimum Gasteiger partial charge on any atom is -0.493 e. The van der Waals surface area contributed by atoms with E-state index in [1.54, 1.807) is 24.3 Å². The minimum atomic E-state index is -1.08. The van der Waals surface area contributed by atoms with Crippen molar-refractivity contribution in [1.82, 2.24) is 0 Å². The van der Waals surface area contributed by atoms with Crippen LogP contribution < -0.4 is 9.47 Å². The summed E-state index contributed by atoms with van der Waals surface area (Å²) >= 11 is 6.19. The summed E-state index contributed by atoms with van der Waals surface area (Å²) in [6, 6.07) is 9.09. The van der Waals surface area contributed by atoms with Crippen LogP contribution in [0, 0.1) is 10.1 Å². The van der Waals surface area contributed by atoms with Crippen LogP contribution in [-0.4, -0.2) is 23.1 Å². The van der Waals surface area contributed by atoms with Crippen LogP contribution in [-0.2, 0) is 11.4 Å². The molecule has 0 aliphatic rings. The Morgan fingerprint density at radius 2 is 2.00 bits per heavy atom. The Morgan fingerprint density at radius 1 is 1.32 bits per heavy atom. The Balaban J connectivity index is 2.18. The molecule has 8 heteroatoms. The second-order valence-corrected chi connectivity index (χ2v) is 5.33. The van der Waals surface area contributed by atoms with E-state index in [9.17, 15) is 14.9 Å². The predicted octanol–water partition coefficient (Wildman–Crippen LogP) is 3.93. The third-order valence-corrected chi connectivity index (χ3v) is 3.48. The monoisotopic (exact) mass is 363 g/mol. The van der Waals surface area contributed by atoms with Gasteiger partial charge >= 0.3 is 5.97 Å². The number of nitro groups is 1. The quantitative estimate of drug-likeness (QED) is 0.454. The van der Waals surface area contributed by atoms with Crippen LogP contribution in [0.5, 0.6) is 11.5 Å². The lowest BCUT2D eigenvalue weighted by atomic mass is 10.2. The molecule has 7 nitrogen and oxygen atoms in total. The largest absolute Gasteiger partial charge is 0.493 e. The first-order chi connectivity index (χ1) is 11.9. The number of halogens is 1. The van der Waals surface area contributed by atoms with E-state index in [0.717, 1.165) is 11.6 Å². The topological polar surface area (TPSA) is 98.9 Å². The van der Waals surface area contributed by atoms with Crippen LogP contribution in [0.3, 0.4) is 0 Å². The Hall–Kier alpha value is -3.06. The van der Waals surface area contributed by atoms with Crippen molar-refractivity contribution < 1.29 is 24.3 Å². The molecule has 0 aromatic heterocycles. The Kier molecular flexibility index (Phi) is 5.97. The van der Waals surface area contributed by atoms with Crippen LogP contribution in [0.4, 0.5) is 5.69 Å². The highest BCUT2D eigenvalue weighted by atomic mass is 35.5. The van der Waals surface area contributed by atoms with Gasteiger partial charge in [0.05, 0.1) is 17.1 Å². The summed E-state index contributed by atoms with van der Waals surface area (Å²) in [6.45, 7) is 0.137. The molecule has 0 fully saturated rings. The van der Waals surface area contributed by atoms with E-state index in [1.807, 2.05) is 0 Å². The van der Waals surface area contributed by atoms with Gasteiger partial charge in [-0.15, -0.1) is 0 Å². The summed E-state index contributed by atoms with van der Waals surface area (Å²) in [7, 11) is 1.44. The number of carboxylic acids is 1. The van der Waals surface area contributed by atoms with Gasteiger partial charge in [0.1, 0.15) is 6.61 Å². The number of carbonyl (C=O) groups is 1. The van der Waals surface area contributed by atoms with Gasteiger partial charge in [0, 0.05) is 18.2 Å². The smallest absolute Gasteiger partial charge is 0.328 e. The number of hydrogen-bond acceptors (Lipinski definition) is 5. The van der Waals surface area contributed by atoms with Gasteiger partial charge in [-0.1, -0.05) is 11.6 Å². The average Bonchev–Trinajstić information content (AvgIpc) is 2.58. The van der Waals surface area contributed by atoms with Crippen molar-refractivity contribution in [2.24, 2.45) is 0 Å². The van der Waals surface area contributed by atoms with Crippen molar-refractivity contribution in [2.45, 2.75) is 6.61 Å². The van der Waals surface area contributed by atoms with Crippen molar-refractivity contribution in [2.75, 3.05) is 7.11 Å². The summed E-state index contributed by atoms with van der Waals surface area (Å²) in [5.41, 5.74) is 1.26. The number of non-ortho nitro benzene ring substituents is 1. The SMILES string of the molecule is COc1cc(/C=C/C(=O)O)cc(Cl)c1OCc1ccc([N+](=O)[O-])cc1. The number of methoxy groups -OCH3 is 1. The van der Waals surface area contributed by atoms with E-state index >= 15 is 0 Å². The molecule has 0 aliphatic carbocycles. The normalized spacial score (nSPS) is 10.6. The molecular formula is C17H14ClNO6. The molecule has 2 aromatic carbocycles. The first-order valence-electron chi connectivity index (χ1n) is 7.05. The zero-order chi connectivity index (χ0) is 18.4. The van der Waals surface area contributed by atoms with E-state index in [1.165, 1.54) is 25.3 Å². The molecule has 2 aromatic rings. The lowest BCUT2D eigenvalue weighted by molar-refractivity contribution is -0.384. The molecule has 25 heavy (non-hydrogen) atoms. The van der Waals surface area contributed by atoms with Crippen LogP contribution in [0.2, 0.25) is 5.02 Å². The second kappa shape index (κ2) is 8.16. The van der Waals surface area contributed by atoms with Crippen LogP contribution in [0.1, 0.15) is 11.1 Å². The van der Waals surface area contributed by atoms with Crippen LogP contribution in [0.25, 0.3) is 6.08 Å². The van der Waals surface area contributed by atoms with Gasteiger partial charge in [0.2, 0.25) is 0 Å². The predicted molar refractivity (Wildman–Crippen MR) is 92.1 cm³/mol. The fraction of sp³-hybridized carbons (Fsp3) is 0.118. The summed E-state index contributed by atoms with van der Waals surface area (Å²) in [4.78, 5) is 20.8. The Labute approximate surface area is 148 Å². The third-order valence-electron chi connectivity index (χ3n) is 3.20. The molecule has 0 bridgehead atoms. The van der Waals surface area contributed by atoms with Crippen molar-refractivity contribution in [3.8, 4) is 11.5 Å². The lowest BCUT2D eigenvalue weighted by Crippen LogP contribution is -1.99. The first-order valence-corrected chi connectivity index (χ1v) is 7.43. The molecule has 0 saturated carbocycles. The molecule has 0 heterocycles. The molecule has 1 N–H and O–H groups in total. The van der Waals surface area contributed by atoms with Gasteiger partial charge in [-0.2, -0.15) is 0 Å². The van der Waals surface area contributed by atoms with E-state index < -0.39 is 10.9 Å². The summed E-state index contributed by atoms with van der Waals surface area (Å²) < 4.78 is 10.9. The van der Waals surface area contributed by atoms with Crippen molar-refractivity contribution >= 4 is 29.3 Å². The molecule has 0 radical (unpaired) electrons. The van der Waals surface area contributed by atoms with Crippen molar-refractivity contribution in [3.63, 3.8) is 0 Å². The zero-order valence-electron chi connectivity index (χ0n) is 13.1. The fourth-order valence-electron chi connectivity index (χ4n) is 2.01. The molecule has 0 aliphatic heterocycles.